The van der Waals surface area contributed by atoms with E-state index in [1.807, 2.05) is 0 Å². The van der Waals surface area contributed by atoms with Gasteiger partial charge in [-0.3, -0.25) is 4.79 Å². The minimum Gasteiger partial charge on any atom is -0.354 e. The number of pyridine rings is 1. The second-order valence-electron chi connectivity index (χ2n) is 6.72. The van der Waals surface area contributed by atoms with Gasteiger partial charge in [0, 0.05) is 18.8 Å². The van der Waals surface area contributed by atoms with Crippen LogP contribution in [0.25, 0.3) is 0 Å². The molecular formula is C19H19ClF3N3O. The maximum absolute atomic E-state index is 12.9. The number of benzene rings is 1. The summed E-state index contributed by atoms with van der Waals surface area (Å²) in [7, 11) is 0. The number of hydrogen-bond acceptors (Lipinski definition) is 3. The zero-order chi connectivity index (χ0) is 19.6. The number of hydrogen-bond donors (Lipinski definition) is 1. The Morgan fingerprint density at radius 2 is 1.85 bits per heavy atom. The summed E-state index contributed by atoms with van der Waals surface area (Å²) in [5.41, 5.74) is 0.127. The summed E-state index contributed by atoms with van der Waals surface area (Å²) in [6.07, 6.45) is -1.15. The topological polar surface area (TPSA) is 45.2 Å². The second kappa shape index (κ2) is 7.76. The van der Waals surface area contributed by atoms with Gasteiger partial charge in [-0.1, -0.05) is 18.5 Å². The van der Waals surface area contributed by atoms with Crippen molar-refractivity contribution < 1.29 is 18.0 Å². The van der Waals surface area contributed by atoms with Crippen molar-refractivity contribution in [2.75, 3.05) is 18.4 Å². The van der Waals surface area contributed by atoms with Crippen molar-refractivity contribution in [3.63, 3.8) is 0 Å². The van der Waals surface area contributed by atoms with E-state index in [-0.39, 0.29) is 16.6 Å². The summed E-state index contributed by atoms with van der Waals surface area (Å²) >= 11 is 5.62. The van der Waals surface area contributed by atoms with Crippen molar-refractivity contribution in [1.82, 2.24) is 9.88 Å². The van der Waals surface area contributed by atoms with Gasteiger partial charge in [-0.05, 0) is 49.1 Å². The molecule has 4 nitrogen and oxygen atoms in total. The van der Waals surface area contributed by atoms with Gasteiger partial charge in [-0.2, -0.15) is 13.2 Å². The summed E-state index contributed by atoms with van der Waals surface area (Å²) in [6.45, 7) is 3.60. The molecule has 2 heterocycles. The molecule has 0 saturated carbocycles. The predicted octanol–water partition coefficient (Wildman–Crippen LogP) is 5.37. The Kier molecular flexibility index (Phi) is 5.60. The van der Waals surface area contributed by atoms with Gasteiger partial charge in [0.25, 0.3) is 5.91 Å². The molecule has 0 unspecified atom stereocenters. The third-order valence-electron chi connectivity index (χ3n) is 4.61. The first-order valence-corrected chi connectivity index (χ1v) is 9.01. The number of aromatic nitrogens is 1. The number of halogens is 4. The number of alkyl halides is 3. The van der Waals surface area contributed by atoms with Crippen LogP contribution in [0.4, 0.5) is 24.5 Å². The Labute approximate surface area is 160 Å². The highest BCUT2D eigenvalue weighted by atomic mass is 35.5. The molecule has 1 fully saturated rings. The van der Waals surface area contributed by atoms with Crippen LogP contribution in [0, 0.1) is 5.92 Å². The molecule has 0 spiro atoms. The molecule has 1 N–H and O–H groups in total. The molecular weight excluding hydrogens is 379 g/mol. The van der Waals surface area contributed by atoms with E-state index in [2.05, 4.69) is 17.2 Å². The van der Waals surface area contributed by atoms with E-state index in [1.54, 1.807) is 17.0 Å². The lowest BCUT2D eigenvalue weighted by Gasteiger charge is -2.30. The van der Waals surface area contributed by atoms with Crippen LogP contribution in [-0.2, 0) is 6.18 Å². The molecule has 1 aromatic carbocycles. The molecule has 2 aromatic rings. The Hall–Kier alpha value is -2.28. The molecule has 0 radical (unpaired) electrons. The third-order valence-corrected chi connectivity index (χ3v) is 4.94. The van der Waals surface area contributed by atoms with Crippen LogP contribution >= 0.6 is 11.6 Å². The van der Waals surface area contributed by atoms with Gasteiger partial charge >= 0.3 is 6.18 Å². The lowest BCUT2D eigenvalue weighted by molar-refractivity contribution is -0.137. The van der Waals surface area contributed by atoms with E-state index < -0.39 is 11.7 Å². The highest BCUT2D eigenvalue weighted by Gasteiger charge is 2.33. The van der Waals surface area contributed by atoms with Crippen molar-refractivity contribution in [3.05, 3.63) is 52.8 Å². The summed E-state index contributed by atoms with van der Waals surface area (Å²) < 4.78 is 38.8. The van der Waals surface area contributed by atoms with Gasteiger partial charge in [0.05, 0.1) is 22.5 Å². The summed E-state index contributed by atoms with van der Waals surface area (Å²) in [5, 5.41) is 2.49. The van der Waals surface area contributed by atoms with Gasteiger partial charge < -0.3 is 10.2 Å². The Morgan fingerprint density at radius 1 is 1.19 bits per heavy atom. The number of carbonyl (C=O) groups excluding carboxylic acids is 1. The van der Waals surface area contributed by atoms with Crippen molar-refractivity contribution in [1.29, 1.82) is 0 Å². The fraction of sp³-hybridized carbons (Fsp3) is 0.368. The second-order valence-corrected chi connectivity index (χ2v) is 7.13. The van der Waals surface area contributed by atoms with Crippen LogP contribution in [0.1, 0.15) is 35.8 Å². The molecule has 0 atom stereocenters. The summed E-state index contributed by atoms with van der Waals surface area (Å²) in [4.78, 5) is 18.4. The molecule has 144 valence electrons. The standard InChI is InChI=1S/C19H19ClF3N3O/c1-12-6-8-26(9-7-12)18(27)17-5-3-14(11-24-17)25-13-2-4-16(20)15(10-13)19(21,22)23/h2-5,10-12,25H,6-9H2,1H3. The van der Waals surface area contributed by atoms with Crippen molar-refractivity contribution in [3.8, 4) is 0 Å². The minimum absolute atomic E-state index is 0.126. The third kappa shape index (κ3) is 4.71. The smallest absolute Gasteiger partial charge is 0.354 e. The Balaban J connectivity index is 1.70. The fourth-order valence-electron chi connectivity index (χ4n) is 2.95. The monoisotopic (exact) mass is 397 g/mol. The quantitative estimate of drug-likeness (QED) is 0.757. The van der Waals surface area contributed by atoms with Crippen LogP contribution in [0.5, 0.6) is 0 Å². The maximum Gasteiger partial charge on any atom is 0.417 e. The molecule has 8 heteroatoms. The highest BCUT2D eigenvalue weighted by Crippen LogP contribution is 2.36. The van der Waals surface area contributed by atoms with E-state index in [0.717, 1.165) is 18.9 Å². The van der Waals surface area contributed by atoms with Crippen molar-refractivity contribution >= 4 is 28.9 Å². The lowest BCUT2D eigenvalue weighted by Crippen LogP contribution is -2.38. The SMILES string of the molecule is CC1CCN(C(=O)c2ccc(Nc3ccc(Cl)c(C(F)(F)F)c3)cn2)CC1. The van der Waals surface area contributed by atoms with E-state index in [1.165, 1.54) is 18.3 Å². The zero-order valence-electron chi connectivity index (χ0n) is 14.7. The highest BCUT2D eigenvalue weighted by molar-refractivity contribution is 6.31. The minimum atomic E-state index is -4.53. The summed E-state index contributed by atoms with van der Waals surface area (Å²) in [5.74, 6) is 0.494. The average molecular weight is 398 g/mol. The van der Waals surface area contributed by atoms with E-state index in [4.69, 9.17) is 11.6 Å². The Bertz CT molecular complexity index is 816. The predicted molar refractivity (Wildman–Crippen MR) is 98.3 cm³/mol. The zero-order valence-corrected chi connectivity index (χ0v) is 15.4. The number of carbonyl (C=O) groups is 1. The van der Waals surface area contributed by atoms with Gasteiger partial charge in [0.1, 0.15) is 5.69 Å². The molecule has 1 aromatic heterocycles. The largest absolute Gasteiger partial charge is 0.417 e. The van der Waals surface area contributed by atoms with Gasteiger partial charge in [-0.25, -0.2) is 4.98 Å². The maximum atomic E-state index is 12.9. The normalized spacial score (nSPS) is 15.7. The number of anilines is 2. The van der Waals surface area contributed by atoms with Crippen molar-refractivity contribution in [2.24, 2.45) is 5.92 Å². The number of nitrogens with one attached hydrogen (secondary N) is 1. The van der Waals surface area contributed by atoms with Gasteiger partial charge in [0.2, 0.25) is 0 Å². The van der Waals surface area contributed by atoms with Gasteiger partial charge in [-0.15, -0.1) is 0 Å². The fourth-order valence-corrected chi connectivity index (χ4v) is 3.18. The number of rotatable bonds is 3. The van der Waals surface area contributed by atoms with Crippen LogP contribution in [0.2, 0.25) is 5.02 Å². The Morgan fingerprint density at radius 3 is 2.44 bits per heavy atom. The lowest BCUT2D eigenvalue weighted by atomic mass is 9.99. The molecule has 27 heavy (non-hydrogen) atoms. The van der Waals surface area contributed by atoms with Crippen molar-refractivity contribution in [2.45, 2.75) is 25.9 Å². The van der Waals surface area contributed by atoms with E-state index in [0.29, 0.717) is 30.4 Å². The number of amides is 1. The molecule has 1 aliphatic rings. The first kappa shape index (κ1) is 19.5. The first-order chi connectivity index (χ1) is 12.7. The van der Waals surface area contributed by atoms with E-state index >= 15 is 0 Å². The molecule has 1 amide bonds. The van der Waals surface area contributed by atoms with Crippen LogP contribution in [-0.4, -0.2) is 28.9 Å². The molecule has 0 bridgehead atoms. The average Bonchev–Trinajstić information content (AvgIpc) is 2.63. The first-order valence-electron chi connectivity index (χ1n) is 8.63. The number of likely N-dealkylation sites (tertiary alicyclic amines) is 1. The van der Waals surface area contributed by atoms with Crippen LogP contribution in [0.3, 0.4) is 0 Å². The number of nitrogens with zero attached hydrogens (tertiary/aromatic N) is 2. The van der Waals surface area contributed by atoms with Gasteiger partial charge in [0.15, 0.2) is 0 Å². The van der Waals surface area contributed by atoms with Crippen LogP contribution < -0.4 is 5.32 Å². The summed E-state index contributed by atoms with van der Waals surface area (Å²) in [6, 6.07) is 6.77. The van der Waals surface area contributed by atoms with E-state index in [9.17, 15) is 18.0 Å². The molecule has 1 saturated heterocycles. The van der Waals surface area contributed by atoms with Crippen LogP contribution in [0.15, 0.2) is 36.5 Å². The molecule has 3 rings (SSSR count). The molecule has 1 aliphatic heterocycles. The molecule has 0 aliphatic carbocycles. The number of piperidine rings is 1.